The quantitative estimate of drug-likeness (QED) is 0.900. The number of anilines is 1. The number of hydrogen-bond donors (Lipinski definition) is 1. The van der Waals surface area contributed by atoms with Gasteiger partial charge < -0.3 is 10.1 Å². The van der Waals surface area contributed by atoms with Gasteiger partial charge in [0.1, 0.15) is 5.75 Å². The summed E-state index contributed by atoms with van der Waals surface area (Å²) < 4.78 is 5.18. The van der Waals surface area contributed by atoms with E-state index in [0.29, 0.717) is 17.0 Å². The lowest BCUT2D eigenvalue weighted by atomic mass is 10.1. The molecule has 0 saturated heterocycles. The number of hydrogen-bond acceptors (Lipinski definition) is 3. The molecule has 0 radical (unpaired) electrons. The minimum Gasteiger partial charge on any atom is -0.496 e. The number of ether oxygens (including phenoxy) is 1. The summed E-state index contributed by atoms with van der Waals surface area (Å²) in [5.74, 6) is 0.352. The molecule has 0 saturated carbocycles. The molecule has 1 N–H and O–H groups in total. The lowest BCUT2D eigenvalue weighted by Gasteiger charge is -2.09. The largest absolute Gasteiger partial charge is 0.496 e. The number of rotatable bonds is 3. The standard InChI is InChI=1S/C14H14N2O2/c1-10-5-6-13(18-2)12(8-10)14(17)16-11-4-3-7-15-9-11/h3-9H,1-2H3,(H,16,17). The van der Waals surface area contributed by atoms with E-state index in [1.165, 1.54) is 0 Å². The molecule has 2 aromatic rings. The van der Waals surface area contributed by atoms with Gasteiger partial charge in [-0.15, -0.1) is 0 Å². The summed E-state index contributed by atoms with van der Waals surface area (Å²) in [4.78, 5) is 16.1. The molecule has 92 valence electrons. The van der Waals surface area contributed by atoms with Gasteiger partial charge >= 0.3 is 0 Å². The summed E-state index contributed by atoms with van der Waals surface area (Å²) in [6.45, 7) is 1.93. The minimum absolute atomic E-state index is 0.205. The van der Waals surface area contributed by atoms with Crippen molar-refractivity contribution in [3.8, 4) is 5.75 Å². The highest BCUT2D eigenvalue weighted by Gasteiger charge is 2.12. The molecule has 0 bridgehead atoms. The van der Waals surface area contributed by atoms with Gasteiger partial charge in [-0.3, -0.25) is 9.78 Å². The lowest BCUT2D eigenvalue weighted by molar-refractivity contribution is 0.102. The van der Waals surface area contributed by atoms with E-state index in [1.54, 1.807) is 43.8 Å². The Morgan fingerprint density at radius 2 is 2.17 bits per heavy atom. The minimum atomic E-state index is -0.205. The van der Waals surface area contributed by atoms with E-state index >= 15 is 0 Å². The highest BCUT2D eigenvalue weighted by atomic mass is 16.5. The summed E-state index contributed by atoms with van der Waals surface area (Å²) in [5.41, 5.74) is 2.18. The summed E-state index contributed by atoms with van der Waals surface area (Å²) >= 11 is 0. The number of pyridine rings is 1. The SMILES string of the molecule is COc1ccc(C)cc1C(=O)Nc1cccnc1. The zero-order chi connectivity index (χ0) is 13.0. The van der Waals surface area contributed by atoms with Crippen molar-refractivity contribution in [1.82, 2.24) is 4.98 Å². The first kappa shape index (κ1) is 12.1. The average Bonchev–Trinajstić information content (AvgIpc) is 2.40. The Bertz CT molecular complexity index is 553. The predicted octanol–water partition coefficient (Wildman–Crippen LogP) is 2.65. The Morgan fingerprint density at radius 3 is 2.83 bits per heavy atom. The van der Waals surface area contributed by atoms with Crippen molar-refractivity contribution < 1.29 is 9.53 Å². The van der Waals surface area contributed by atoms with Crippen LogP contribution in [0.4, 0.5) is 5.69 Å². The molecule has 0 aliphatic carbocycles. The number of benzene rings is 1. The van der Waals surface area contributed by atoms with Crippen molar-refractivity contribution in [2.24, 2.45) is 0 Å². The van der Waals surface area contributed by atoms with Crippen LogP contribution in [0.1, 0.15) is 15.9 Å². The Balaban J connectivity index is 2.26. The van der Waals surface area contributed by atoms with Gasteiger partial charge in [0.15, 0.2) is 0 Å². The molecular weight excluding hydrogens is 228 g/mol. The molecule has 0 unspecified atom stereocenters. The van der Waals surface area contributed by atoms with Gasteiger partial charge in [-0.05, 0) is 31.2 Å². The molecular formula is C14H14N2O2. The van der Waals surface area contributed by atoms with Crippen LogP contribution in [-0.2, 0) is 0 Å². The van der Waals surface area contributed by atoms with Crippen LogP contribution in [0.25, 0.3) is 0 Å². The van der Waals surface area contributed by atoms with Crippen LogP contribution in [0.3, 0.4) is 0 Å². The fourth-order valence-corrected chi connectivity index (χ4v) is 1.63. The molecule has 1 aromatic carbocycles. The van der Waals surface area contributed by atoms with Gasteiger partial charge in [-0.1, -0.05) is 11.6 Å². The molecule has 0 aliphatic heterocycles. The molecule has 0 aliphatic rings. The smallest absolute Gasteiger partial charge is 0.259 e. The number of nitrogens with zero attached hydrogens (tertiary/aromatic N) is 1. The van der Waals surface area contributed by atoms with Gasteiger partial charge in [0, 0.05) is 6.20 Å². The van der Waals surface area contributed by atoms with Gasteiger partial charge in [0.05, 0.1) is 24.6 Å². The van der Waals surface area contributed by atoms with Gasteiger partial charge in [-0.2, -0.15) is 0 Å². The van der Waals surface area contributed by atoms with Crippen LogP contribution in [0, 0.1) is 6.92 Å². The Kier molecular flexibility index (Phi) is 3.57. The molecule has 4 nitrogen and oxygen atoms in total. The normalized spacial score (nSPS) is 9.89. The van der Waals surface area contributed by atoms with Crippen LogP contribution < -0.4 is 10.1 Å². The summed E-state index contributed by atoms with van der Waals surface area (Å²) in [7, 11) is 1.55. The van der Waals surface area contributed by atoms with Crippen LogP contribution >= 0.6 is 0 Å². The van der Waals surface area contributed by atoms with Gasteiger partial charge in [0.2, 0.25) is 0 Å². The topological polar surface area (TPSA) is 51.2 Å². The van der Waals surface area contributed by atoms with E-state index in [9.17, 15) is 4.79 Å². The number of carbonyl (C=O) groups excluding carboxylic acids is 1. The fourth-order valence-electron chi connectivity index (χ4n) is 1.63. The van der Waals surface area contributed by atoms with Crippen molar-refractivity contribution in [3.05, 3.63) is 53.9 Å². The van der Waals surface area contributed by atoms with Gasteiger partial charge in [0.25, 0.3) is 5.91 Å². The highest BCUT2D eigenvalue weighted by molar-refractivity contribution is 6.06. The molecule has 18 heavy (non-hydrogen) atoms. The van der Waals surface area contributed by atoms with E-state index in [2.05, 4.69) is 10.3 Å². The van der Waals surface area contributed by atoms with Crippen molar-refractivity contribution in [1.29, 1.82) is 0 Å². The third-order valence-electron chi connectivity index (χ3n) is 2.52. The van der Waals surface area contributed by atoms with Crippen molar-refractivity contribution >= 4 is 11.6 Å². The van der Waals surface area contributed by atoms with E-state index in [0.717, 1.165) is 5.56 Å². The zero-order valence-electron chi connectivity index (χ0n) is 10.3. The summed E-state index contributed by atoms with van der Waals surface area (Å²) in [6.07, 6.45) is 3.25. The molecule has 0 atom stereocenters. The summed E-state index contributed by atoms with van der Waals surface area (Å²) in [6, 6.07) is 9.04. The molecule has 1 amide bonds. The average molecular weight is 242 g/mol. The number of carbonyl (C=O) groups is 1. The second-order valence-corrected chi connectivity index (χ2v) is 3.90. The monoisotopic (exact) mass is 242 g/mol. The second kappa shape index (κ2) is 5.31. The number of aromatic nitrogens is 1. The Hall–Kier alpha value is -2.36. The molecule has 2 rings (SSSR count). The first-order valence-corrected chi connectivity index (χ1v) is 5.56. The van der Waals surface area contributed by atoms with E-state index in [4.69, 9.17) is 4.74 Å². The van der Waals surface area contributed by atoms with Crippen LogP contribution in [0.15, 0.2) is 42.7 Å². The number of methoxy groups -OCH3 is 1. The van der Waals surface area contributed by atoms with Crippen molar-refractivity contribution in [2.45, 2.75) is 6.92 Å². The van der Waals surface area contributed by atoms with Crippen LogP contribution in [0.2, 0.25) is 0 Å². The third-order valence-corrected chi connectivity index (χ3v) is 2.52. The first-order valence-electron chi connectivity index (χ1n) is 5.56. The molecule has 1 aromatic heterocycles. The van der Waals surface area contributed by atoms with E-state index < -0.39 is 0 Å². The molecule has 0 spiro atoms. The number of aryl methyl sites for hydroxylation is 1. The lowest BCUT2D eigenvalue weighted by Crippen LogP contribution is -2.13. The fraction of sp³-hybridized carbons (Fsp3) is 0.143. The van der Waals surface area contributed by atoms with Gasteiger partial charge in [-0.25, -0.2) is 0 Å². The first-order chi connectivity index (χ1) is 8.70. The highest BCUT2D eigenvalue weighted by Crippen LogP contribution is 2.20. The third kappa shape index (κ3) is 2.66. The Morgan fingerprint density at radius 1 is 1.33 bits per heavy atom. The Labute approximate surface area is 106 Å². The van der Waals surface area contributed by atoms with Crippen molar-refractivity contribution in [3.63, 3.8) is 0 Å². The maximum absolute atomic E-state index is 12.1. The van der Waals surface area contributed by atoms with Crippen LogP contribution in [0.5, 0.6) is 5.75 Å². The van der Waals surface area contributed by atoms with E-state index in [1.807, 2.05) is 13.0 Å². The molecule has 1 heterocycles. The molecule has 0 fully saturated rings. The summed E-state index contributed by atoms with van der Waals surface area (Å²) in [5, 5.41) is 2.78. The second-order valence-electron chi connectivity index (χ2n) is 3.90. The maximum Gasteiger partial charge on any atom is 0.259 e. The van der Waals surface area contributed by atoms with E-state index in [-0.39, 0.29) is 5.91 Å². The predicted molar refractivity (Wildman–Crippen MR) is 69.9 cm³/mol. The molecule has 4 heteroatoms. The van der Waals surface area contributed by atoms with Crippen molar-refractivity contribution in [2.75, 3.05) is 12.4 Å². The zero-order valence-corrected chi connectivity index (χ0v) is 10.3. The number of nitrogens with one attached hydrogen (secondary N) is 1. The maximum atomic E-state index is 12.1. The van der Waals surface area contributed by atoms with Crippen LogP contribution in [-0.4, -0.2) is 18.0 Å². The number of amides is 1.